The monoisotopic (exact) mass is 371 g/mol. The van der Waals surface area contributed by atoms with Gasteiger partial charge in [-0.2, -0.15) is 4.98 Å². The summed E-state index contributed by atoms with van der Waals surface area (Å²) < 4.78 is 20.1. The standard InChI is InChI=1S/C19H22FN5O2/c1-12-21-17-9-15(20)3-4-16(17)19(26)25(12)10-14-5-7-24(8-6-14)11-18-22-13(2)27-23-18/h3-4,9,14H,5-8,10-11H2,1-2H3. The van der Waals surface area contributed by atoms with E-state index in [1.165, 1.54) is 18.2 Å². The molecule has 0 spiro atoms. The molecule has 142 valence electrons. The minimum absolute atomic E-state index is 0.0952. The number of rotatable bonds is 4. The van der Waals surface area contributed by atoms with Crippen LogP contribution in [-0.2, 0) is 13.1 Å². The molecule has 1 fully saturated rings. The van der Waals surface area contributed by atoms with E-state index in [0.29, 0.717) is 47.4 Å². The van der Waals surface area contributed by atoms with Gasteiger partial charge in [-0.15, -0.1) is 0 Å². The van der Waals surface area contributed by atoms with E-state index in [1.807, 2.05) is 0 Å². The number of nitrogens with zero attached hydrogens (tertiary/aromatic N) is 5. The van der Waals surface area contributed by atoms with Crippen molar-refractivity contribution in [3.8, 4) is 0 Å². The topological polar surface area (TPSA) is 77.1 Å². The van der Waals surface area contributed by atoms with Gasteiger partial charge in [-0.05, 0) is 50.9 Å². The highest BCUT2D eigenvalue weighted by atomic mass is 19.1. The molecule has 7 nitrogen and oxygen atoms in total. The molecule has 0 saturated carbocycles. The summed E-state index contributed by atoms with van der Waals surface area (Å²) in [6.07, 6.45) is 1.98. The van der Waals surface area contributed by atoms with Gasteiger partial charge in [0.15, 0.2) is 5.82 Å². The normalized spacial score (nSPS) is 16.3. The second-order valence-electron chi connectivity index (χ2n) is 7.19. The van der Waals surface area contributed by atoms with Crippen LogP contribution < -0.4 is 5.56 Å². The quantitative estimate of drug-likeness (QED) is 0.701. The van der Waals surface area contributed by atoms with E-state index in [9.17, 15) is 9.18 Å². The number of hydrogen-bond donors (Lipinski definition) is 0. The Balaban J connectivity index is 1.44. The Morgan fingerprint density at radius 2 is 2.00 bits per heavy atom. The first-order chi connectivity index (χ1) is 13.0. The number of aromatic nitrogens is 4. The van der Waals surface area contributed by atoms with Crippen molar-refractivity contribution in [1.29, 1.82) is 0 Å². The molecule has 0 bridgehead atoms. The minimum Gasteiger partial charge on any atom is -0.340 e. The smallest absolute Gasteiger partial charge is 0.261 e. The van der Waals surface area contributed by atoms with Crippen molar-refractivity contribution in [2.24, 2.45) is 5.92 Å². The predicted octanol–water partition coefficient (Wildman–Crippen LogP) is 2.45. The lowest BCUT2D eigenvalue weighted by Crippen LogP contribution is -2.36. The van der Waals surface area contributed by atoms with E-state index >= 15 is 0 Å². The average molecular weight is 371 g/mol. The molecular weight excluding hydrogens is 349 g/mol. The zero-order valence-corrected chi connectivity index (χ0v) is 15.5. The summed E-state index contributed by atoms with van der Waals surface area (Å²) in [6, 6.07) is 4.14. The number of fused-ring (bicyclic) bond motifs is 1. The second-order valence-corrected chi connectivity index (χ2v) is 7.19. The molecule has 4 rings (SSSR count). The number of hydrogen-bond acceptors (Lipinski definition) is 6. The zero-order chi connectivity index (χ0) is 19.0. The molecule has 3 heterocycles. The number of piperidine rings is 1. The second kappa shape index (κ2) is 7.19. The van der Waals surface area contributed by atoms with E-state index in [4.69, 9.17) is 4.52 Å². The summed E-state index contributed by atoms with van der Waals surface area (Å²) >= 11 is 0. The van der Waals surface area contributed by atoms with Crippen LogP contribution in [0.25, 0.3) is 10.9 Å². The fourth-order valence-corrected chi connectivity index (χ4v) is 3.71. The Bertz CT molecular complexity index is 1020. The maximum Gasteiger partial charge on any atom is 0.261 e. The lowest BCUT2D eigenvalue weighted by molar-refractivity contribution is 0.161. The van der Waals surface area contributed by atoms with Gasteiger partial charge in [0.25, 0.3) is 5.56 Å². The lowest BCUT2D eigenvalue weighted by atomic mass is 9.96. The number of likely N-dealkylation sites (tertiary alicyclic amines) is 1. The Labute approximate surface area is 155 Å². The van der Waals surface area contributed by atoms with E-state index in [1.54, 1.807) is 18.4 Å². The largest absolute Gasteiger partial charge is 0.340 e. The van der Waals surface area contributed by atoms with Gasteiger partial charge in [0, 0.05) is 19.5 Å². The Hall–Kier alpha value is -2.61. The third kappa shape index (κ3) is 3.75. The van der Waals surface area contributed by atoms with Crippen molar-refractivity contribution in [2.75, 3.05) is 13.1 Å². The van der Waals surface area contributed by atoms with Gasteiger partial charge in [0.05, 0.1) is 17.4 Å². The maximum atomic E-state index is 13.4. The molecule has 0 aliphatic carbocycles. The minimum atomic E-state index is -0.379. The lowest BCUT2D eigenvalue weighted by Gasteiger charge is -2.31. The number of halogens is 1. The molecule has 0 N–H and O–H groups in total. The molecule has 1 aliphatic rings. The van der Waals surface area contributed by atoms with Gasteiger partial charge in [0.1, 0.15) is 11.6 Å². The highest BCUT2D eigenvalue weighted by Crippen LogP contribution is 2.21. The number of benzene rings is 1. The summed E-state index contributed by atoms with van der Waals surface area (Å²) in [5.41, 5.74) is 0.321. The van der Waals surface area contributed by atoms with Crippen molar-refractivity contribution >= 4 is 10.9 Å². The molecule has 27 heavy (non-hydrogen) atoms. The highest BCUT2D eigenvalue weighted by molar-refractivity contribution is 5.77. The van der Waals surface area contributed by atoms with Crippen LogP contribution in [0, 0.1) is 25.6 Å². The van der Waals surface area contributed by atoms with Gasteiger partial charge in [-0.1, -0.05) is 5.16 Å². The highest BCUT2D eigenvalue weighted by Gasteiger charge is 2.22. The molecule has 0 atom stereocenters. The summed E-state index contributed by atoms with van der Waals surface area (Å²) in [6.45, 7) is 6.77. The van der Waals surface area contributed by atoms with Crippen LogP contribution in [0.2, 0.25) is 0 Å². The maximum absolute atomic E-state index is 13.4. The average Bonchev–Trinajstić information content (AvgIpc) is 3.04. The summed E-state index contributed by atoms with van der Waals surface area (Å²) in [7, 11) is 0. The molecule has 1 aromatic carbocycles. The molecular formula is C19H22FN5O2. The van der Waals surface area contributed by atoms with Crippen LogP contribution in [0.3, 0.4) is 0 Å². The fraction of sp³-hybridized carbons (Fsp3) is 0.474. The molecule has 8 heteroatoms. The molecule has 2 aromatic heterocycles. The van der Waals surface area contributed by atoms with Gasteiger partial charge >= 0.3 is 0 Å². The molecule has 1 aliphatic heterocycles. The van der Waals surface area contributed by atoms with Crippen molar-refractivity contribution in [1.82, 2.24) is 24.6 Å². The van der Waals surface area contributed by atoms with E-state index in [0.717, 1.165) is 25.9 Å². The van der Waals surface area contributed by atoms with Crippen molar-refractivity contribution in [3.63, 3.8) is 0 Å². The first-order valence-corrected chi connectivity index (χ1v) is 9.18. The first kappa shape index (κ1) is 17.8. The summed E-state index contributed by atoms with van der Waals surface area (Å²) in [5, 5.41) is 4.41. The summed E-state index contributed by atoms with van der Waals surface area (Å²) in [4.78, 5) is 23.8. The molecule has 0 unspecified atom stereocenters. The van der Waals surface area contributed by atoms with Gasteiger partial charge in [-0.25, -0.2) is 9.37 Å². The fourth-order valence-electron chi connectivity index (χ4n) is 3.71. The first-order valence-electron chi connectivity index (χ1n) is 9.18. The van der Waals surface area contributed by atoms with Gasteiger partial charge in [0.2, 0.25) is 5.89 Å². The molecule has 0 radical (unpaired) electrons. The third-order valence-corrected chi connectivity index (χ3v) is 5.19. The van der Waals surface area contributed by atoms with Gasteiger partial charge in [-0.3, -0.25) is 14.3 Å². The zero-order valence-electron chi connectivity index (χ0n) is 15.5. The Kier molecular flexibility index (Phi) is 4.73. The van der Waals surface area contributed by atoms with Gasteiger partial charge < -0.3 is 4.52 Å². The van der Waals surface area contributed by atoms with Crippen LogP contribution in [0.4, 0.5) is 4.39 Å². The Morgan fingerprint density at radius 1 is 1.22 bits per heavy atom. The van der Waals surface area contributed by atoms with Crippen LogP contribution in [0.15, 0.2) is 27.5 Å². The SMILES string of the molecule is Cc1nc(CN2CCC(Cn3c(C)nc4cc(F)ccc4c3=O)CC2)no1. The van der Waals surface area contributed by atoms with Crippen LogP contribution in [0.1, 0.15) is 30.4 Å². The van der Waals surface area contributed by atoms with Crippen molar-refractivity contribution in [2.45, 2.75) is 39.8 Å². The molecule has 0 amide bonds. The predicted molar refractivity (Wildman–Crippen MR) is 97.7 cm³/mol. The molecule has 3 aromatic rings. The van der Waals surface area contributed by atoms with Crippen LogP contribution in [-0.4, -0.2) is 37.7 Å². The molecule has 1 saturated heterocycles. The Morgan fingerprint density at radius 3 is 2.70 bits per heavy atom. The van der Waals surface area contributed by atoms with E-state index in [-0.39, 0.29) is 11.4 Å². The van der Waals surface area contributed by atoms with Crippen molar-refractivity contribution < 1.29 is 8.91 Å². The van der Waals surface area contributed by atoms with Crippen LogP contribution >= 0.6 is 0 Å². The van der Waals surface area contributed by atoms with E-state index < -0.39 is 0 Å². The van der Waals surface area contributed by atoms with Crippen LogP contribution in [0.5, 0.6) is 0 Å². The van der Waals surface area contributed by atoms with Crippen molar-refractivity contribution in [3.05, 3.63) is 51.9 Å². The van der Waals surface area contributed by atoms with E-state index in [2.05, 4.69) is 20.0 Å². The summed E-state index contributed by atoms with van der Waals surface area (Å²) in [5.74, 6) is 1.95. The third-order valence-electron chi connectivity index (χ3n) is 5.19. The number of aryl methyl sites for hydroxylation is 2.